The molecule has 1 fully saturated rings. The molecule has 1 aliphatic heterocycles. The lowest BCUT2D eigenvalue weighted by Gasteiger charge is -2.18. The molecule has 21 heavy (non-hydrogen) atoms. The molecule has 0 radical (unpaired) electrons. The van der Waals surface area contributed by atoms with E-state index in [4.69, 9.17) is 0 Å². The molecule has 2 aliphatic rings. The first kappa shape index (κ1) is 13.9. The van der Waals surface area contributed by atoms with Gasteiger partial charge in [0.05, 0.1) is 11.9 Å². The van der Waals surface area contributed by atoms with Crippen LogP contribution >= 0.6 is 0 Å². The van der Waals surface area contributed by atoms with Crippen LogP contribution in [0.4, 0.5) is 5.69 Å². The molecule has 0 unspecified atom stereocenters. The van der Waals surface area contributed by atoms with Gasteiger partial charge in [-0.3, -0.25) is 0 Å². The van der Waals surface area contributed by atoms with E-state index in [0.29, 0.717) is 5.92 Å². The second-order valence-electron chi connectivity index (χ2n) is 5.94. The predicted molar refractivity (Wildman–Crippen MR) is 90.5 cm³/mol. The van der Waals surface area contributed by atoms with Gasteiger partial charge in [-0.05, 0) is 55.0 Å². The van der Waals surface area contributed by atoms with Crippen molar-refractivity contribution in [1.29, 1.82) is 0 Å². The van der Waals surface area contributed by atoms with Crippen LogP contribution in [0.5, 0.6) is 0 Å². The number of hydrogen-bond donors (Lipinski definition) is 0. The van der Waals surface area contributed by atoms with Gasteiger partial charge in [-0.1, -0.05) is 43.2 Å². The molecule has 1 aliphatic carbocycles. The minimum Gasteiger partial charge on any atom is -0.241 e. The topological polar surface area (TPSA) is 15.6 Å². The lowest BCUT2D eigenvalue weighted by atomic mass is 9.96. The second-order valence-corrected chi connectivity index (χ2v) is 5.94. The monoisotopic (exact) mass is 278 g/mol. The predicted octanol–water partition coefficient (Wildman–Crippen LogP) is 4.99. The number of allylic oxidation sites excluding steroid dienone is 4. The summed E-state index contributed by atoms with van der Waals surface area (Å²) in [4.78, 5) is 0. The molecular formula is C19H22N2. The fourth-order valence-electron chi connectivity index (χ4n) is 2.97. The van der Waals surface area contributed by atoms with Crippen molar-refractivity contribution < 1.29 is 0 Å². The van der Waals surface area contributed by atoms with E-state index in [-0.39, 0.29) is 0 Å². The van der Waals surface area contributed by atoms with E-state index in [1.54, 1.807) is 0 Å². The molecule has 1 aromatic rings. The Bertz CT molecular complexity index is 599. The van der Waals surface area contributed by atoms with Crippen molar-refractivity contribution in [3.63, 3.8) is 0 Å². The van der Waals surface area contributed by atoms with E-state index in [1.807, 2.05) is 23.5 Å². The van der Waals surface area contributed by atoms with Crippen LogP contribution in [0.2, 0.25) is 0 Å². The average molecular weight is 278 g/mol. The molecule has 1 saturated carbocycles. The second kappa shape index (κ2) is 6.13. The van der Waals surface area contributed by atoms with Crippen LogP contribution in [0.1, 0.15) is 31.2 Å². The Morgan fingerprint density at radius 2 is 1.86 bits per heavy atom. The van der Waals surface area contributed by atoms with Gasteiger partial charge in [-0.2, -0.15) is 5.10 Å². The molecular weight excluding hydrogens is 256 g/mol. The molecule has 3 rings (SSSR count). The fraction of sp³-hybridized carbons (Fsp3) is 0.316. The number of benzene rings is 1. The third-order valence-corrected chi connectivity index (χ3v) is 4.24. The maximum absolute atomic E-state index is 4.66. The standard InChI is InChI=1S/C19H22N2/c1-15-7-9-19(10-8-15)21-12-11-16(2)13-18(14-20-21)17-5-3-4-6-17/h7-14,17H,2-6H2,1H3/b12-11-,18-13+,20-14-. The quantitative estimate of drug-likeness (QED) is 0.744. The van der Waals surface area contributed by atoms with Gasteiger partial charge < -0.3 is 0 Å². The third kappa shape index (κ3) is 3.33. The smallest absolute Gasteiger partial charge is 0.0645 e. The number of nitrogens with zero attached hydrogens (tertiary/aromatic N) is 2. The highest BCUT2D eigenvalue weighted by Crippen LogP contribution is 2.31. The van der Waals surface area contributed by atoms with Gasteiger partial charge in [0.1, 0.15) is 0 Å². The van der Waals surface area contributed by atoms with Gasteiger partial charge in [-0.25, -0.2) is 5.01 Å². The zero-order valence-corrected chi connectivity index (χ0v) is 12.6. The van der Waals surface area contributed by atoms with Crippen LogP contribution in [0.3, 0.4) is 0 Å². The highest BCUT2D eigenvalue weighted by atomic mass is 15.4. The van der Waals surface area contributed by atoms with E-state index in [9.17, 15) is 0 Å². The molecule has 2 nitrogen and oxygen atoms in total. The number of hydrogen-bond acceptors (Lipinski definition) is 2. The van der Waals surface area contributed by atoms with E-state index < -0.39 is 0 Å². The summed E-state index contributed by atoms with van der Waals surface area (Å²) in [7, 11) is 0. The minimum atomic E-state index is 0.650. The van der Waals surface area contributed by atoms with Crippen molar-refractivity contribution >= 4 is 11.9 Å². The average Bonchev–Trinajstić information content (AvgIpc) is 2.99. The van der Waals surface area contributed by atoms with Gasteiger partial charge in [0, 0.05) is 6.20 Å². The summed E-state index contributed by atoms with van der Waals surface area (Å²) in [6.45, 7) is 6.22. The first-order valence-electron chi connectivity index (χ1n) is 7.71. The van der Waals surface area contributed by atoms with Crippen LogP contribution in [-0.2, 0) is 0 Å². The van der Waals surface area contributed by atoms with Crippen LogP contribution in [0, 0.1) is 12.8 Å². The van der Waals surface area contributed by atoms with Gasteiger partial charge >= 0.3 is 0 Å². The van der Waals surface area contributed by atoms with E-state index in [0.717, 1.165) is 11.3 Å². The SMILES string of the molecule is C=C1/C=C\N(c2ccc(C)cc2)/N=C\C(C2CCCC2)=C/1. The maximum Gasteiger partial charge on any atom is 0.0645 e. The maximum atomic E-state index is 4.66. The highest BCUT2D eigenvalue weighted by molar-refractivity contribution is 5.82. The molecule has 0 aromatic heterocycles. The normalized spacial score (nSPS) is 25.1. The third-order valence-electron chi connectivity index (χ3n) is 4.24. The number of aryl methyl sites for hydroxylation is 1. The minimum absolute atomic E-state index is 0.650. The van der Waals surface area contributed by atoms with Crippen LogP contribution in [0.15, 0.2) is 65.4 Å². The van der Waals surface area contributed by atoms with Crippen LogP contribution in [-0.4, -0.2) is 6.21 Å². The first-order chi connectivity index (χ1) is 10.2. The van der Waals surface area contributed by atoms with Gasteiger partial charge in [-0.15, -0.1) is 0 Å². The van der Waals surface area contributed by atoms with Crippen molar-refractivity contribution in [3.8, 4) is 0 Å². The lowest BCUT2D eigenvalue weighted by molar-refractivity contribution is 0.667. The van der Waals surface area contributed by atoms with Gasteiger partial charge in [0.2, 0.25) is 0 Å². The summed E-state index contributed by atoms with van der Waals surface area (Å²) in [5.41, 5.74) is 4.70. The van der Waals surface area contributed by atoms with Crippen LogP contribution in [0.25, 0.3) is 0 Å². The lowest BCUT2D eigenvalue weighted by Crippen LogP contribution is -2.11. The summed E-state index contributed by atoms with van der Waals surface area (Å²) < 4.78 is 0. The van der Waals surface area contributed by atoms with E-state index >= 15 is 0 Å². The highest BCUT2D eigenvalue weighted by Gasteiger charge is 2.19. The number of hydrazone groups is 1. The molecule has 0 bridgehead atoms. The van der Waals surface area contributed by atoms with E-state index in [2.05, 4.69) is 48.9 Å². The molecule has 0 atom stereocenters. The fourth-order valence-corrected chi connectivity index (χ4v) is 2.97. The summed E-state index contributed by atoms with van der Waals surface area (Å²) >= 11 is 0. The van der Waals surface area contributed by atoms with Crippen molar-refractivity contribution in [2.24, 2.45) is 11.0 Å². The summed E-state index contributed by atoms with van der Waals surface area (Å²) in [5.74, 6) is 0.650. The molecule has 2 heteroatoms. The molecule has 108 valence electrons. The Kier molecular flexibility index (Phi) is 4.05. The Labute approximate surface area is 127 Å². The van der Waals surface area contributed by atoms with Crippen molar-refractivity contribution in [2.45, 2.75) is 32.6 Å². The Balaban J connectivity index is 1.87. The van der Waals surface area contributed by atoms with Crippen LogP contribution < -0.4 is 5.01 Å². The van der Waals surface area contributed by atoms with Crippen molar-refractivity contribution in [1.82, 2.24) is 0 Å². The molecule has 0 amide bonds. The molecule has 0 saturated heterocycles. The Morgan fingerprint density at radius 1 is 1.14 bits per heavy atom. The first-order valence-corrected chi connectivity index (χ1v) is 7.71. The molecule has 1 heterocycles. The largest absolute Gasteiger partial charge is 0.241 e. The molecule has 0 N–H and O–H groups in total. The molecule has 1 aromatic carbocycles. The summed E-state index contributed by atoms with van der Waals surface area (Å²) in [6.07, 6.45) is 13.4. The zero-order valence-electron chi connectivity index (χ0n) is 12.6. The summed E-state index contributed by atoms with van der Waals surface area (Å²) in [6, 6.07) is 8.42. The van der Waals surface area contributed by atoms with Gasteiger partial charge in [0.15, 0.2) is 0 Å². The van der Waals surface area contributed by atoms with Crippen molar-refractivity contribution in [3.05, 3.63) is 65.9 Å². The Hall–Kier alpha value is -2.09. The van der Waals surface area contributed by atoms with Gasteiger partial charge in [0.25, 0.3) is 0 Å². The van der Waals surface area contributed by atoms with E-state index in [1.165, 1.54) is 36.8 Å². The zero-order chi connectivity index (χ0) is 14.7. The molecule has 0 spiro atoms. The number of rotatable bonds is 2. The number of anilines is 1. The summed E-state index contributed by atoms with van der Waals surface area (Å²) in [5, 5.41) is 6.58. The van der Waals surface area contributed by atoms with Crippen molar-refractivity contribution in [2.75, 3.05) is 5.01 Å². The Morgan fingerprint density at radius 3 is 2.57 bits per heavy atom.